The first-order chi connectivity index (χ1) is 21.8. The van der Waals surface area contributed by atoms with Gasteiger partial charge in [0.1, 0.15) is 0 Å². The molecule has 1 aliphatic carbocycles. The van der Waals surface area contributed by atoms with Crippen LogP contribution >= 0.6 is 11.8 Å². The summed E-state index contributed by atoms with van der Waals surface area (Å²) >= 11 is 1.79. The van der Waals surface area contributed by atoms with E-state index in [9.17, 15) is 0 Å². The van der Waals surface area contributed by atoms with Crippen molar-refractivity contribution in [2.45, 2.75) is 15.2 Å². The predicted molar refractivity (Wildman–Crippen MR) is 186 cm³/mol. The molecule has 7 aromatic rings. The molecular formula is C43H32S. The molecule has 0 fully saturated rings. The van der Waals surface area contributed by atoms with Crippen molar-refractivity contribution >= 4 is 11.8 Å². The Kier molecular flexibility index (Phi) is 7.95. The SMILES string of the molecule is c1ccc(-c2ccc(C3(c4ccccc4)c4ccccc4-c4ccccc43)cc2)cc1.c1ccc(Sc2ccccc2)cc1. The zero-order valence-electron chi connectivity index (χ0n) is 24.4. The van der Waals surface area contributed by atoms with Crippen molar-refractivity contribution < 1.29 is 0 Å². The van der Waals surface area contributed by atoms with Gasteiger partial charge in [0.05, 0.1) is 5.41 Å². The summed E-state index contributed by atoms with van der Waals surface area (Å²) in [5, 5.41) is 0. The highest BCUT2D eigenvalue weighted by Crippen LogP contribution is 2.55. The molecule has 8 rings (SSSR count). The fraction of sp³-hybridized carbons (Fsp3) is 0.0233. The first kappa shape index (κ1) is 27.7. The Morgan fingerprint density at radius 1 is 0.295 bits per heavy atom. The van der Waals surface area contributed by atoms with Crippen LogP contribution in [0.15, 0.2) is 204 Å². The van der Waals surface area contributed by atoms with E-state index in [4.69, 9.17) is 0 Å². The van der Waals surface area contributed by atoms with Crippen LogP contribution in [-0.2, 0) is 5.41 Å². The molecule has 0 bridgehead atoms. The first-order valence-electron chi connectivity index (χ1n) is 15.0. The summed E-state index contributed by atoms with van der Waals surface area (Å²) in [5.41, 5.74) is 10.1. The molecule has 0 radical (unpaired) electrons. The van der Waals surface area contributed by atoms with Crippen LogP contribution < -0.4 is 0 Å². The second-order valence-electron chi connectivity index (χ2n) is 10.9. The highest BCUT2D eigenvalue weighted by molar-refractivity contribution is 7.99. The van der Waals surface area contributed by atoms with Gasteiger partial charge in [-0.2, -0.15) is 0 Å². The average molecular weight is 581 g/mol. The van der Waals surface area contributed by atoms with E-state index in [1.807, 2.05) is 12.1 Å². The molecular weight excluding hydrogens is 549 g/mol. The van der Waals surface area contributed by atoms with Crippen molar-refractivity contribution in [3.05, 3.63) is 216 Å². The normalized spacial score (nSPS) is 12.4. The van der Waals surface area contributed by atoms with Crippen LogP contribution in [0.4, 0.5) is 0 Å². The van der Waals surface area contributed by atoms with Crippen LogP contribution in [0.25, 0.3) is 22.3 Å². The molecule has 0 atom stereocenters. The summed E-state index contributed by atoms with van der Waals surface area (Å²) < 4.78 is 0. The summed E-state index contributed by atoms with van der Waals surface area (Å²) in [7, 11) is 0. The Labute approximate surface area is 264 Å². The van der Waals surface area contributed by atoms with Crippen molar-refractivity contribution in [3.8, 4) is 22.3 Å². The van der Waals surface area contributed by atoms with Gasteiger partial charge in [-0.25, -0.2) is 0 Å². The molecule has 0 saturated carbocycles. The lowest BCUT2D eigenvalue weighted by molar-refractivity contribution is 0.768. The second kappa shape index (κ2) is 12.6. The number of benzene rings is 7. The average Bonchev–Trinajstić information content (AvgIpc) is 3.42. The maximum atomic E-state index is 2.31. The van der Waals surface area contributed by atoms with Gasteiger partial charge in [0.15, 0.2) is 0 Å². The van der Waals surface area contributed by atoms with Gasteiger partial charge >= 0.3 is 0 Å². The lowest BCUT2D eigenvalue weighted by Crippen LogP contribution is -2.28. The Morgan fingerprint density at radius 3 is 1.16 bits per heavy atom. The maximum absolute atomic E-state index is 2.31. The van der Waals surface area contributed by atoms with Crippen LogP contribution in [0.3, 0.4) is 0 Å². The summed E-state index contributed by atoms with van der Waals surface area (Å²) in [4.78, 5) is 2.57. The van der Waals surface area contributed by atoms with Gasteiger partial charge in [-0.1, -0.05) is 182 Å². The Morgan fingerprint density at radius 2 is 0.659 bits per heavy atom. The summed E-state index contributed by atoms with van der Waals surface area (Å²) in [6.45, 7) is 0. The molecule has 0 spiro atoms. The molecule has 0 unspecified atom stereocenters. The van der Waals surface area contributed by atoms with Crippen molar-refractivity contribution in [1.82, 2.24) is 0 Å². The Hall–Kier alpha value is -5.11. The third-order valence-corrected chi connectivity index (χ3v) is 9.32. The molecule has 210 valence electrons. The zero-order valence-corrected chi connectivity index (χ0v) is 25.2. The van der Waals surface area contributed by atoms with E-state index in [-0.39, 0.29) is 5.41 Å². The standard InChI is InChI=1S/C31H22.C12H10S/c1-3-11-23(12-4-1)24-19-21-26(22-20-24)31(25-13-5-2-6-14-25)29-17-9-7-15-27(29)28-16-8-10-18-30(28)31;1-3-7-11(8-4-1)13-12-9-5-2-6-10-12/h1-22H;1-10H. The van der Waals surface area contributed by atoms with E-state index >= 15 is 0 Å². The summed E-state index contributed by atoms with van der Waals surface area (Å²) in [6, 6.07) is 69.2. The van der Waals surface area contributed by atoms with Crippen molar-refractivity contribution in [1.29, 1.82) is 0 Å². The smallest absolute Gasteiger partial charge is 0.0713 e. The van der Waals surface area contributed by atoms with Gasteiger partial charge < -0.3 is 0 Å². The van der Waals surface area contributed by atoms with E-state index < -0.39 is 0 Å². The molecule has 0 amide bonds. The van der Waals surface area contributed by atoms with Crippen LogP contribution in [0.2, 0.25) is 0 Å². The quantitative estimate of drug-likeness (QED) is 0.195. The maximum Gasteiger partial charge on any atom is 0.0713 e. The van der Waals surface area contributed by atoms with Gasteiger partial charge in [0.25, 0.3) is 0 Å². The van der Waals surface area contributed by atoms with Crippen LogP contribution in [0.5, 0.6) is 0 Å². The molecule has 44 heavy (non-hydrogen) atoms. The lowest BCUT2D eigenvalue weighted by Gasteiger charge is -2.34. The van der Waals surface area contributed by atoms with E-state index in [2.05, 4.69) is 182 Å². The molecule has 0 N–H and O–H groups in total. The highest BCUT2D eigenvalue weighted by Gasteiger charge is 2.45. The lowest BCUT2D eigenvalue weighted by atomic mass is 9.67. The molecule has 0 aliphatic heterocycles. The van der Waals surface area contributed by atoms with E-state index in [1.165, 1.54) is 54.3 Å². The molecule has 0 aromatic heterocycles. The minimum atomic E-state index is -0.316. The third-order valence-electron chi connectivity index (χ3n) is 8.31. The van der Waals surface area contributed by atoms with E-state index in [1.54, 1.807) is 11.8 Å². The fourth-order valence-corrected chi connectivity index (χ4v) is 7.23. The minimum absolute atomic E-state index is 0.316. The molecule has 7 aromatic carbocycles. The largest absolute Gasteiger partial charge is 0.0901 e. The van der Waals surface area contributed by atoms with Crippen LogP contribution in [-0.4, -0.2) is 0 Å². The number of hydrogen-bond acceptors (Lipinski definition) is 1. The van der Waals surface area contributed by atoms with Crippen molar-refractivity contribution in [3.63, 3.8) is 0 Å². The van der Waals surface area contributed by atoms with Gasteiger partial charge in [0.2, 0.25) is 0 Å². The van der Waals surface area contributed by atoms with Gasteiger partial charge in [-0.05, 0) is 68.8 Å². The summed E-state index contributed by atoms with van der Waals surface area (Å²) in [5.74, 6) is 0. The first-order valence-corrected chi connectivity index (χ1v) is 15.8. The van der Waals surface area contributed by atoms with Crippen LogP contribution in [0, 0.1) is 0 Å². The van der Waals surface area contributed by atoms with Crippen molar-refractivity contribution in [2.75, 3.05) is 0 Å². The zero-order chi connectivity index (χ0) is 29.6. The number of hydrogen-bond donors (Lipinski definition) is 0. The molecule has 0 heterocycles. The van der Waals surface area contributed by atoms with Gasteiger partial charge in [0, 0.05) is 9.79 Å². The molecule has 1 aliphatic rings. The highest BCUT2D eigenvalue weighted by atomic mass is 32.2. The summed E-state index contributed by atoms with van der Waals surface area (Å²) in [6.07, 6.45) is 0. The topological polar surface area (TPSA) is 0 Å². The molecule has 0 nitrogen and oxygen atoms in total. The third kappa shape index (κ3) is 5.28. The minimum Gasteiger partial charge on any atom is -0.0901 e. The fourth-order valence-electron chi connectivity index (χ4n) is 6.37. The van der Waals surface area contributed by atoms with Crippen LogP contribution in [0.1, 0.15) is 22.3 Å². The van der Waals surface area contributed by atoms with Gasteiger partial charge in [-0.3, -0.25) is 0 Å². The number of rotatable bonds is 5. The predicted octanol–water partition coefficient (Wildman–Crippen LogP) is 11.6. The molecule has 1 heteroatoms. The van der Waals surface area contributed by atoms with E-state index in [0.29, 0.717) is 0 Å². The van der Waals surface area contributed by atoms with Gasteiger partial charge in [-0.15, -0.1) is 0 Å². The van der Waals surface area contributed by atoms with Crippen molar-refractivity contribution in [2.24, 2.45) is 0 Å². The Balaban J connectivity index is 0.000000201. The second-order valence-corrected chi connectivity index (χ2v) is 12.0. The Bertz CT molecular complexity index is 1860. The molecule has 0 saturated heterocycles. The number of fused-ring (bicyclic) bond motifs is 3. The van der Waals surface area contributed by atoms with E-state index in [0.717, 1.165) is 0 Å². The monoisotopic (exact) mass is 580 g/mol.